The lowest BCUT2D eigenvalue weighted by Gasteiger charge is -2.09. The Hall–Kier alpha value is -1.84. The molecule has 82 valence electrons. The molecule has 0 aliphatic rings. The molecule has 0 saturated carbocycles. The van der Waals surface area contributed by atoms with Gasteiger partial charge in [-0.15, -0.1) is 0 Å². The summed E-state index contributed by atoms with van der Waals surface area (Å²) in [5.41, 5.74) is 0. The van der Waals surface area contributed by atoms with E-state index in [2.05, 4.69) is 5.32 Å². The van der Waals surface area contributed by atoms with Crippen LogP contribution in [0.4, 0.5) is 0 Å². The molecule has 0 amide bonds. The highest BCUT2D eigenvalue weighted by molar-refractivity contribution is 5.39. The summed E-state index contributed by atoms with van der Waals surface area (Å²) in [7, 11) is 1.61. The van der Waals surface area contributed by atoms with Crippen molar-refractivity contribution < 1.29 is 14.6 Å². The lowest BCUT2D eigenvalue weighted by atomic mass is 10.3. The minimum atomic E-state index is 0.505. The van der Waals surface area contributed by atoms with Crippen molar-refractivity contribution in [2.45, 2.75) is 0 Å². The molecule has 4 nitrogen and oxygen atoms in total. The minimum Gasteiger partial charge on any atom is -0.514 e. The van der Waals surface area contributed by atoms with Gasteiger partial charge in [0.15, 0.2) is 11.5 Å². The zero-order valence-corrected chi connectivity index (χ0v) is 8.64. The molecule has 0 aliphatic heterocycles. The second kappa shape index (κ2) is 6.59. The Morgan fingerprint density at radius 2 is 2.07 bits per heavy atom. The third kappa shape index (κ3) is 3.81. The van der Waals surface area contributed by atoms with Crippen molar-refractivity contribution in [3.63, 3.8) is 0 Å². The monoisotopic (exact) mass is 209 g/mol. The normalized spacial score (nSPS) is 10.2. The fraction of sp³-hybridized carbons (Fsp3) is 0.273. The number of nitrogens with one attached hydrogen (secondary N) is 1. The lowest BCUT2D eigenvalue weighted by molar-refractivity contribution is 0.296. The zero-order chi connectivity index (χ0) is 10.9. The van der Waals surface area contributed by atoms with E-state index >= 15 is 0 Å². The first kappa shape index (κ1) is 11.2. The van der Waals surface area contributed by atoms with Crippen LogP contribution in [0.5, 0.6) is 11.5 Å². The number of methoxy groups -OCH3 is 1. The lowest BCUT2D eigenvalue weighted by Crippen LogP contribution is -2.15. The van der Waals surface area contributed by atoms with Crippen LogP contribution in [0.2, 0.25) is 0 Å². The van der Waals surface area contributed by atoms with Gasteiger partial charge in [0.05, 0.1) is 13.4 Å². The van der Waals surface area contributed by atoms with E-state index in [0.29, 0.717) is 13.2 Å². The van der Waals surface area contributed by atoms with Gasteiger partial charge in [-0.3, -0.25) is 0 Å². The predicted octanol–water partition coefficient (Wildman–Crippen LogP) is 1.69. The number of rotatable bonds is 6. The van der Waals surface area contributed by atoms with Crippen molar-refractivity contribution in [1.82, 2.24) is 5.32 Å². The first-order valence-electron chi connectivity index (χ1n) is 4.67. The van der Waals surface area contributed by atoms with Crippen molar-refractivity contribution in [2.24, 2.45) is 0 Å². The molecule has 0 fully saturated rings. The third-order valence-electron chi connectivity index (χ3n) is 1.77. The molecule has 1 aromatic carbocycles. The maximum atomic E-state index is 8.36. The van der Waals surface area contributed by atoms with Gasteiger partial charge in [-0.1, -0.05) is 12.1 Å². The van der Waals surface area contributed by atoms with Crippen LogP contribution >= 0.6 is 0 Å². The van der Waals surface area contributed by atoms with Crippen LogP contribution in [0.25, 0.3) is 0 Å². The van der Waals surface area contributed by atoms with Gasteiger partial charge in [-0.05, 0) is 12.1 Å². The largest absolute Gasteiger partial charge is 0.514 e. The highest BCUT2D eigenvalue weighted by Crippen LogP contribution is 2.25. The van der Waals surface area contributed by atoms with Crippen molar-refractivity contribution in [3.8, 4) is 11.5 Å². The first-order chi connectivity index (χ1) is 7.38. The van der Waals surface area contributed by atoms with E-state index in [-0.39, 0.29) is 0 Å². The molecule has 15 heavy (non-hydrogen) atoms. The molecule has 1 rings (SSSR count). The summed E-state index contributed by atoms with van der Waals surface area (Å²) < 4.78 is 10.6. The predicted molar refractivity (Wildman–Crippen MR) is 58.3 cm³/mol. The van der Waals surface area contributed by atoms with E-state index in [1.165, 1.54) is 6.20 Å². The summed E-state index contributed by atoms with van der Waals surface area (Å²) in [5.74, 6) is 1.44. The Balaban J connectivity index is 2.36. The Morgan fingerprint density at radius 1 is 1.33 bits per heavy atom. The van der Waals surface area contributed by atoms with Crippen molar-refractivity contribution in [2.75, 3.05) is 20.3 Å². The molecule has 0 atom stereocenters. The zero-order valence-electron chi connectivity index (χ0n) is 8.64. The van der Waals surface area contributed by atoms with Crippen LogP contribution < -0.4 is 14.8 Å². The van der Waals surface area contributed by atoms with Gasteiger partial charge in [-0.2, -0.15) is 0 Å². The number of benzene rings is 1. The molecule has 1 aromatic rings. The van der Waals surface area contributed by atoms with Gasteiger partial charge in [-0.25, -0.2) is 0 Å². The fourth-order valence-electron chi connectivity index (χ4n) is 1.09. The van der Waals surface area contributed by atoms with Gasteiger partial charge in [0, 0.05) is 12.7 Å². The van der Waals surface area contributed by atoms with Crippen LogP contribution in [0, 0.1) is 0 Å². The molecule has 0 heterocycles. The van der Waals surface area contributed by atoms with Crippen molar-refractivity contribution in [1.29, 1.82) is 0 Å². The molecule has 0 saturated heterocycles. The van der Waals surface area contributed by atoms with Gasteiger partial charge >= 0.3 is 0 Å². The van der Waals surface area contributed by atoms with Crippen LogP contribution in [0.3, 0.4) is 0 Å². The maximum Gasteiger partial charge on any atom is 0.161 e. The highest BCUT2D eigenvalue weighted by atomic mass is 16.5. The van der Waals surface area contributed by atoms with Crippen LogP contribution in [-0.4, -0.2) is 25.4 Å². The SMILES string of the molecule is COc1ccccc1OCCN/C=C/O. The molecule has 0 radical (unpaired) electrons. The first-order valence-corrected chi connectivity index (χ1v) is 4.67. The number of aliphatic hydroxyl groups excluding tert-OH is 1. The number of hydrogen-bond donors (Lipinski definition) is 2. The smallest absolute Gasteiger partial charge is 0.161 e. The summed E-state index contributed by atoms with van der Waals surface area (Å²) in [6.45, 7) is 1.12. The molecule has 0 unspecified atom stereocenters. The van der Waals surface area contributed by atoms with E-state index in [1.54, 1.807) is 7.11 Å². The molecule has 0 spiro atoms. The van der Waals surface area contributed by atoms with E-state index in [9.17, 15) is 0 Å². The summed E-state index contributed by atoms with van der Waals surface area (Å²) in [4.78, 5) is 0. The average Bonchev–Trinajstić information content (AvgIpc) is 2.29. The van der Waals surface area contributed by atoms with E-state index in [4.69, 9.17) is 14.6 Å². The molecule has 4 heteroatoms. The molecule has 0 bridgehead atoms. The van der Waals surface area contributed by atoms with Crippen LogP contribution in [0.15, 0.2) is 36.7 Å². The Bertz CT molecular complexity index is 312. The number of para-hydroxylation sites is 2. The van der Waals surface area contributed by atoms with Gasteiger partial charge in [0.25, 0.3) is 0 Å². The average molecular weight is 209 g/mol. The van der Waals surface area contributed by atoms with Gasteiger partial charge in [0.1, 0.15) is 6.61 Å². The van der Waals surface area contributed by atoms with Gasteiger partial charge < -0.3 is 19.9 Å². The maximum absolute atomic E-state index is 8.36. The quantitative estimate of drug-likeness (QED) is 0.553. The minimum absolute atomic E-state index is 0.505. The van der Waals surface area contributed by atoms with Crippen LogP contribution in [0.1, 0.15) is 0 Å². The fourth-order valence-corrected chi connectivity index (χ4v) is 1.09. The van der Waals surface area contributed by atoms with Crippen molar-refractivity contribution in [3.05, 3.63) is 36.7 Å². The number of ether oxygens (including phenoxy) is 2. The Kier molecular flexibility index (Phi) is 4.94. The molecule has 0 aromatic heterocycles. The van der Waals surface area contributed by atoms with Gasteiger partial charge in [0.2, 0.25) is 0 Å². The van der Waals surface area contributed by atoms with Crippen molar-refractivity contribution >= 4 is 0 Å². The standard InChI is InChI=1S/C11H15NO3/c1-14-10-4-2-3-5-11(10)15-9-7-12-6-8-13/h2-6,8,12-13H,7,9H2,1H3/b8-6+. The second-order valence-corrected chi connectivity index (χ2v) is 2.77. The Labute approximate surface area is 89.1 Å². The summed E-state index contributed by atoms with van der Waals surface area (Å²) in [6, 6.07) is 7.47. The molecular formula is C11H15NO3. The topological polar surface area (TPSA) is 50.7 Å². The summed E-state index contributed by atoms with van der Waals surface area (Å²) in [6.07, 6.45) is 2.40. The van der Waals surface area contributed by atoms with E-state index in [0.717, 1.165) is 17.8 Å². The molecular weight excluding hydrogens is 194 g/mol. The Morgan fingerprint density at radius 3 is 2.73 bits per heavy atom. The number of hydrogen-bond acceptors (Lipinski definition) is 4. The molecule has 2 N–H and O–H groups in total. The highest BCUT2D eigenvalue weighted by Gasteiger charge is 2.00. The second-order valence-electron chi connectivity index (χ2n) is 2.77. The van der Waals surface area contributed by atoms with Crippen LogP contribution in [-0.2, 0) is 0 Å². The summed E-state index contributed by atoms with van der Waals surface area (Å²) in [5, 5.41) is 11.2. The molecule has 0 aliphatic carbocycles. The van der Waals surface area contributed by atoms with E-state index < -0.39 is 0 Å². The van der Waals surface area contributed by atoms with E-state index in [1.807, 2.05) is 24.3 Å². The number of aliphatic hydroxyl groups is 1. The third-order valence-corrected chi connectivity index (χ3v) is 1.77. The summed E-state index contributed by atoms with van der Waals surface area (Å²) >= 11 is 0.